The molecule has 0 aliphatic carbocycles. The van der Waals surface area contributed by atoms with E-state index in [0.717, 1.165) is 31.6 Å². The molecular formula is C13H16F3NO2. The predicted octanol–water partition coefficient (Wildman–Crippen LogP) is 2.85. The van der Waals surface area contributed by atoms with Crippen LogP contribution in [0, 0.1) is 0 Å². The summed E-state index contributed by atoms with van der Waals surface area (Å²) in [5.41, 5.74) is 0.910. The summed E-state index contributed by atoms with van der Waals surface area (Å²) < 4.78 is 45.2. The van der Waals surface area contributed by atoms with Crippen LogP contribution >= 0.6 is 0 Å². The van der Waals surface area contributed by atoms with Crippen LogP contribution in [-0.2, 0) is 11.3 Å². The van der Waals surface area contributed by atoms with Crippen LogP contribution in [0.3, 0.4) is 0 Å². The van der Waals surface area contributed by atoms with E-state index < -0.39 is 6.36 Å². The van der Waals surface area contributed by atoms with E-state index in [1.165, 1.54) is 12.1 Å². The van der Waals surface area contributed by atoms with Crippen LogP contribution in [0.15, 0.2) is 24.3 Å². The average Bonchev–Trinajstić information content (AvgIpc) is 2.82. The first-order chi connectivity index (χ1) is 9.03. The SMILES string of the molecule is FC(F)(F)Oc1ccc(CNCC2CCCO2)cc1. The van der Waals surface area contributed by atoms with Gasteiger partial charge >= 0.3 is 6.36 Å². The van der Waals surface area contributed by atoms with Crippen LogP contribution < -0.4 is 10.1 Å². The first kappa shape index (κ1) is 14.1. The number of hydrogen-bond donors (Lipinski definition) is 1. The Bertz CT molecular complexity index is 386. The molecule has 0 saturated carbocycles. The molecule has 19 heavy (non-hydrogen) atoms. The van der Waals surface area contributed by atoms with Crippen molar-refractivity contribution in [3.63, 3.8) is 0 Å². The van der Waals surface area contributed by atoms with Crippen molar-refractivity contribution in [2.45, 2.75) is 31.9 Å². The van der Waals surface area contributed by atoms with Gasteiger partial charge in [-0.25, -0.2) is 0 Å². The summed E-state index contributed by atoms with van der Waals surface area (Å²) in [5, 5.41) is 3.22. The summed E-state index contributed by atoms with van der Waals surface area (Å²) in [6, 6.07) is 5.86. The molecule has 1 saturated heterocycles. The molecule has 6 heteroatoms. The van der Waals surface area contributed by atoms with Gasteiger partial charge in [0, 0.05) is 19.7 Å². The van der Waals surface area contributed by atoms with Crippen molar-refractivity contribution in [2.75, 3.05) is 13.2 Å². The Morgan fingerprint density at radius 1 is 1.26 bits per heavy atom. The summed E-state index contributed by atoms with van der Waals surface area (Å²) >= 11 is 0. The molecule has 1 aromatic carbocycles. The third-order valence-electron chi connectivity index (χ3n) is 2.88. The van der Waals surface area contributed by atoms with Crippen LogP contribution in [-0.4, -0.2) is 25.6 Å². The second-order valence-electron chi connectivity index (χ2n) is 4.46. The maximum absolute atomic E-state index is 12.0. The molecule has 0 spiro atoms. The lowest BCUT2D eigenvalue weighted by atomic mass is 10.2. The molecule has 3 nitrogen and oxygen atoms in total. The van der Waals surface area contributed by atoms with E-state index in [9.17, 15) is 13.2 Å². The van der Waals surface area contributed by atoms with Gasteiger partial charge in [0.25, 0.3) is 0 Å². The van der Waals surface area contributed by atoms with Crippen LogP contribution in [0.5, 0.6) is 5.75 Å². The Kier molecular flexibility index (Phi) is 4.66. The van der Waals surface area contributed by atoms with E-state index in [-0.39, 0.29) is 11.9 Å². The first-order valence-corrected chi connectivity index (χ1v) is 6.20. The Morgan fingerprint density at radius 2 is 2.00 bits per heavy atom. The zero-order valence-electron chi connectivity index (χ0n) is 10.4. The molecule has 1 fully saturated rings. The molecule has 1 heterocycles. The molecule has 1 unspecified atom stereocenters. The average molecular weight is 275 g/mol. The normalized spacial score (nSPS) is 19.6. The summed E-state index contributed by atoms with van der Waals surface area (Å²) in [7, 11) is 0. The predicted molar refractivity (Wildman–Crippen MR) is 63.8 cm³/mol. The van der Waals surface area contributed by atoms with Crippen LogP contribution in [0.1, 0.15) is 18.4 Å². The molecule has 1 atom stereocenters. The minimum Gasteiger partial charge on any atom is -0.406 e. The standard InChI is InChI=1S/C13H16F3NO2/c14-13(15,16)19-11-5-3-10(4-6-11)8-17-9-12-2-1-7-18-12/h3-6,12,17H,1-2,7-9H2. The molecular weight excluding hydrogens is 259 g/mol. The van der Waals surface area contributed by atoms with Gasteiger partial charge in [-0.3, -0.25) is 0 Å². The van der Waals surface area contributed by atoms with Crippen molar-refractivity contribution < 1.29 is 22.6 Å². The third-order valence-corrected chi connectivity index (χ3v) is 2.88. The van der Waals surface area contributed by atoms with Crippen molar-refractivity contribution in [2.24, 2.45) is 0 Å². The highest BCUT2D eigenvalue weighted by atomic mass is 19.4. The van der Waals surface area contributed by atoms with E-state index >= 15 is 0 Å². The van der Waals surface area contributed by atoms with Crippen LogP contribution in [0.25, 0.3) is 0 Å². The molecule has 2 rings (SSSR count). The smallest absolute Gasteiger partial charge is 0.406 e. The van der Waals surface area contributed by atoms with Gasteiger partial charge in [0.15, 0.2) is 0 Å². The zero-order chi connectivity index (χ0) is 13.7. The Labute approximate surface area is 109 Å². The monoisotopic (exact) mass is 275 g/mol. The zero-order valence-corrected chi connectivity index (χ0v) is 10.4. The van der Waals surface area contributed by atoms with Crippen molar-refractivity contribution in [1.29, 1.82) is 0 Å². The summed E-state index contributed by atoms with van der Waals surface area (Å²) in [6.07, 6.45) is -2.23. The van der Waals surface area contributed by atoms with Crippen molar-refractivity contribution in [3.8, 4) is 5.75 Å². The highest BCUT2D eigenvalue weighted by Crippen LogP contribution is 2.22. The lowest BCUT2D eigenvalue weighted by Crippen LogP contribution is -2.25. The van der Waals surface area contributed by atoms with Crippen LogP contribution in [0.4, 0.5) is 13.2 Å². The number of ether oxygens (including phenoxy) is 2. The molecule has 0 aromatic heterocycles. The number of nitrogens with one attached hydrogen (secondary N) is 1. The van der Waals surface area contributed by atoms with Gasteiger partial charge in [0.1, 0.15) is 5.75 Å². The highest BCUT2D eigenvalue weighted by molar-refractivity contribution is 5.27. The topological polar surface area (TPSA) is 30.5 Å². The second kappa shape index (κ2) is 6.25. The minimum absolute atomic E-state index is 0.199. The maximum Gasteiger partial charge on any atom is 0.573 e. The number of benzene rings is 1. The molecule has 0 radical (unpaired) electrons. The summed E-state index contributed by atoms with van der Waals surface area (Å²) in [5.74, 6) is -0.199. The lowest BCUT2D eigenvalue weighted by molar-refractivity contribution is -0.274. The largest absolute Gasteiger partial charge is 0.573 e. The molecule has 1 aliphatic heterocycles. The Hall–Kier alpha value is -1.27. The van der Waals surface area contributed by atoms with Crippen molar-refractivity contribution in [3.05, 3.63) is 29.8 Å². The van der Waals surface area contributed by atoms with Crippen molar-refractivity contribution in [1.82, 2.24) is 5.32 Å². The summed E-state index contributed by atoms with van der Waals surface area (Å²) in [6.45, 7) is 2.18. The minimum atomic E-state index is -4.64. The van der Waals surface area contributed by atoms with Gasteiger partial charge in [-0.05, 0) is 30.5 Å². The van der Waals surface area contributed by atoms with Gasteiger partial charge in [0.2, 0.25) is 0 Å². The lowest BCUT2D eigenvalue weighted by Gasteiger charge is -2.11. The third kappa shape index (κ3) is 5.08. The van der Waals surface area contributed by atoms with Gasteiger partial charge in [0.05, 0.1) is 6.10 Å². The Morgan fingerprint density at radius 3 is 2.58 bits per heavy atom. The first-order valence-electron chi connectivity index (χ1n) is 6.20. The maximum atomic E-state index is 12.0. The molecule has 0 amide bonds. The van der Waals surface area contributed by atoms with Crippen molar-refractivity contribution >= 4 is 0 Å². The van der Waals surface area contributed by atoms with E-state index in [2.05, 4.69) is 10.1 Å². The highest BCUT2D eigenvalue weighted by Gasteiger charge is 2.30. The fourth-order valence-corrected chi connectivity index (χ4v) is 1.99. The van der Waals surface area contributed by atoms with Crippen LogP contribution in [0.2, 0.25) is 0 Å². The molecule has 1 N–H and O–H groups in total. The quantitative estimate of drug-likeness (QED) is 0.896. The second-order valence-corrected chi connectivity index (χ2v) is 4.46. The van der Waals surface area contributed by atoms with Gasteiger partial charge in [-0.1, -0.05) is 12.1 Å². The number of halogens is 3. The fourth-order valence-electron chi connectivity index (χ4n) is 1.99. The molecule has 1 aromatic rings. The number of hydrogen-bond acceptors (Lipinski definition) is 3. The van der Waals surface area contributed by atoms with E-state index in [0.29, 0.717) is 6.54 Å². The molecule has 106 valence electrons. The van der Waals surface area contributed by atoms with E-state index in [1.54, 1.807) is 12.1 Å². The number of alkyl halides is 3. The van der Waals surface area contributed by atoms with Gasteiger partial charge < -0.3 is 14.8 Å². The number of rotatable bonds is 5. The van der Waals surface area contributed by atoms with Gasteiger partial charge in [-0.2, -0.15) is 0 Å². The summed E-state index contributed by atoms with van der Waals surface area (Å²) in [4.78, 5) is 0. The van der Waals surface area contributed by atoms with E-state index in [1.807, 2.05) is 0 Å². The molecule has 1 aliphatic rings. The Balaban J connectivity index is 1.75. The molecule has 0 bridgehead atoms. The fraction of sp³-hybridized carbons (Fsp3) is 0.538. The van der Waals surface area contributed by atoms with E-state index in [4.69, 9.17) is 4.74 Å². The van der Waals surface area contributed by atoms with Gasteiger partial charge in [-0.15, -0.1) is 13.2 Å².